The van der Waals surface area contributed by atoms with Gasteiger partial charge in [-0.3, -0.25) is 10.1 Å². The van der Waals surface area contributed by atoms with E-state index in [9.17, 15) is 4.79 Å². The van der Waals surface area contributed by atoms with Crippen molar-refractivity contribution in [2.45, 2.75) is 25.9 Å². The van der Waals surface area contributed by atoms with Gasteiger partial charge in [-0.2, -0.15) is 0 Å². The molecule has 17 heavy (non-hydrogen) atoms. The number of aryl methyl sites for hydroxylation is 1. The van der Waals surface area contributed by atoms with Gasteiger partial charge in [0.1, 0.15) is 12.2 Å². The maximum atomic E-state index is 11.6. The number of nitrogens with one attached hydrogen (secondary N) is 2. The number of carbonyl (C=O) groups is 1. The highest BCUT2D eigenvalue weighted by molar-refractivity contribution is 5.81. The molecule has 6 heteroatoms. The van der Waals surface area contributed by atoms with E-state index in [0.717, 1.165) is 5.82 Å². The van der Waals surface area contributed by atoms with Gasteiger partial charge in [0.2, 0.25) is 5.91 Å². The number of nitrogens with zero attached hydrogens (tertiary/aromatic N) is 3. The summed E-state index contributed by atoms with van der Waals surface area (Å²) >= 11 is 0. The maximum Gasteiger partial charge on any atom is 0.237 e. The Morgan fingerprint density at radius 1 is 1.65 bits per heavy atom. The van der Waals surface area contributed by atoms with Gasteiger partial charge >= 0.3 is 0 Å². The van der Waals surface area contributed by atoms with Crippen LogP contribution in [0.25, 0.3) is 0 Å². The van der Waals surface area contributed by atoms with Crippen molar-refractivity contribution < 1.29 is 4.79 Å². The average Bonchev–Trinajstić information content (AvgIpc) is 2.72. The maximum absolute atomic E-state index is 11.6. The van der Waals surface area contributed by atoms with Gasteiger partial charge in [-0.15, -0.1) is 16.8 Å². The van der Waals surface area contributed by atoms with Gasteiger partial charge in [-0.25, -0.2) is 0 Å². The molecular formula is C11H19N5O. The van der Waals surface area contributed by atoms with Crippen molar-refractivity contribution in [3.63, 3.8) is 0 Å². The first-order chi connectivity index (χ1) is 8.06. The van der Waals surface area contributed by atoms with Crippen LogP contribution in [-0.4, -0.2) is 33.3 Å². The predicted molar refractivity (Wildman–Crippen MR) is 65.2 cm³/mol. The smallest absolute Gasteiger partial charge is 0.237 e. The first-order valence-electron chi connectivity index (χ1n) is 5.54. The summed E-state index contributed by atoms with van der Waals surface area (Å²) in [6.45, 7) is 7.78. The van der Waals surface area contributed by atoms with Gasteiger partial charge in [0.15, 0.2) is 0 Å². The molecule has 0 saturated carbocycles. The molecule has 0 saturated heterocycles. The SMILES string of the molecule is C=CCNC(=O)C(C)NC(C)c1nncn1C. The summed E-state index contributed by atoms with van der Waals surface area (Å²) < 4.78 is 1.83. The molecule has 2 atom stereocenters. The molecule has 1 rings (SSSR count). The average molecular weight is 237 g/mol. The Balaban J connectivity index is 2.51. The van der Waals surface area contributed by atoms with Crippen LogP contribution >= 0.6 is 0 Å². The quantitative estimate of drug-likeness (QED) is 0.691. The summed E-state index contributed by atoms with van der Waals surface area (Å²) in [6, 6.07) is -0.325. The predicted octanol–water partition coefficient (Wildman–Crippen LogP) is 0.156. The lowest BCUT2D eigenvalue weighted by atomic mass is 10.2. The van der Waals surface area contributed by atoms with E-state index in [1.54, 1.807) is 12.4 Å². The van der Waals surface area contributed by atoms with Gasteiger partial charge < -0.3 is 9.88 Å². The third-order valence-corrected chi connectivity index (χ3v) is 2.45. The van der Waals surface area contributed by atoms with Crippen LogP contribution in [0.4, 0.5) is 0 Å². The van der Waals surface area contributed by atoms with E-state index in [1.165, 1.54) is 0 Å². The van der Waals surface area contributed by atoms with Crippen molar-refractivity contribution in [2.24, 2.45) is 7.05 Å². The minimum Gasteiger partial charge on any atom is -0.351 e. The Morgan fingerprint density at radius 3 is 2.88 bits per heavy atom. The number of rotatable bonds is 6. The standard InChI is InChI=1S/C11H19N5O/c1-5-6-12-11(17)9(3)14-8(2)10-15-13-7-16(10)4/h5,7-9,14H,1,6H2,2-4H3,(H,12,17). The summed E-state index contributed by atoms with van der Waals surface area (Å²) in [6.07, 6.45) is 3.28. The zero-order valence-electron chi connectivity index (χ0n) is 10.5. The third kappa shape index (κ3) is 3.67. The van der Waals surface area contributed by atoms with E-state index in [1.807, 2.05) is 25.5 Å². The topological polar surface area (TPSA) is 71.8 Å². The molecule has 0 aliphatic heterocycles. The molecule has 2 unspecified atom stereocenters. The number of amides is 1. The third-order valence-electron chi connectivity index (χ3n) is 2.45. The van der Waals surface area contributed by atoms with Crippen molar-refractivity contribution >= 4 is 5.91 Å². The van der Waals surface area contributed by atoms with E-state index in [2.05, 4.69) is 27.4 Å². The van der Waals surface area contributed by atoms with Crippen LogP contribution in [0.15, 0.2) is 19.0 Å². The summed E-state index contributed by atoms with van der Waals surface area (Å²) in [4.78, 5) is 11.6. The summed E-state index contributed by atoms with van der Waals surface area (Å²) in [5, 5.41) is 13.7. The summed E-state index contributed by atoms with van der Waals surface area (Å²) in [5.74, 6) is 0.743. The molecule has 1 aromatic rings. The van der Waals surface area contributed by atoms with Crippen LogP contribution in [0.1, 0.15) is 25.7 Å². The molecular weight excluding hydrogens is 218 g/mol. The molecule has 1 aromatic heterocycles. The van der Waals surface area contributed by atoms with Crippen LogP contribution in [0.3, 0.4) is 0 Å². The lowest BCUT2D eigenvalue weighted by molar-refractivity contribution is -0.122. The molecule has 0 fully saturated rings. The number of hydrogen-bond acceptors (Lipinski definition) is 4. The normalized spacial score (nSPS) is 14.1. The van der Waals surface area contributed by atoms with Crippen LogP contribution in [0, 0.1) is 0 Å². The van der Waals surface area contributed by atoms with Crippen molar-refractivity contribution in [1.82, 2.24) is 25.4 Å². The van der Waals surface area contributed by atoms with Gasteiger partial charge in [0.05, 0.1) is 12.1 Å². The fourth-order valence-electron chi connectivity index (χ4n) is 1.54. The molecule has 0 spiro atoms. The van der Waals surface area contributed by atoms with Crippen molar-refractivity contribution in [3.8, 4) is 0 Å². The van der Waals surface area contributed by atoms with Crippen LogP contribution < -0.4 is 10.6 Å². The van der Waals surface area contributed by atoms with Crippen molar-refractivity contribution in [2.75, 3.05) is 6.54 Å². The number of carbonyl (C=O) groups excluding carboxylic acids is 1. The van der Waals surface area contributed by atoms with Crippen LogP contribution in [0.5, 0.6) is 0 Å². The lowest BCUT2D eigenvalue weighted by Gasteiger charge is -2.18. The lowest BCUT2D eigenvalue weighted by Crippen LogP contribution is -2.43. The zero-order valence-corrected chi connectivity index (χ0v) is 10.5. The van der Waals surface area contributed by atoms with Crippen molar-refractivity contribution in [3.05, 3.63) is 24.8 Å². The van der Waals surface area contributed by atoms with Crippen LogP contribution in [0.2, 0.25) is 0 Å². The highest BCUT2D eigenvalue weighted by Gasteiger charge is 2.18. The second kappa shape index (κ2) is 6.15. The van der Waals surface area contributed by atoms with E-state index < -0.39 is 0 Å². The first kappa shape index (κ1) is 13.4. The van der Waals surface area contributed by atoms with E-state index in [-0.39, 0.29) is 18.0 Å². The molecule has 1 heterocycles. The molecule has 0 aliphatic rings. The fourth-order valence-corrected chi connectivity index (χ4v) is 1.54. The highest BCUT2D eigenvalue weighted by Crippen LogP contribution is 2.07. The van der Waals surface area contributed by atoms with Crippen LogP contribution in [-0.2, 0) is 11.8 Å². The monoisotopic (exact) mass is 237 g/mol. The van der Waals surface area contributed by atoms with Gasteiger partial charge in [0, 0.05) is 13.6 Å². The molecule has 94 valence electrons. The second-order valence-electron chi connectivity index (χ2n) is 3.94. The largest absolute Gasteiger partial charge is 0.351 e. The first-order valence-corrected chi connectivity index (χ1v) is 5.54. The highest BCUT2D eigenvalue weighted by atomic mass is 16.2. The molecule has 0 bridgehead atoms. The fraction of sp³-hybridized carbons (Fsp3) is 0.545. The Hall–Kier alpha value is -1.69. The minimum atomic E-state index is -0.290. The second-order valence-corrected chi connectivity index (χ2v) is 3.94. The van der Waals surface area contributed by atoms with Crippen molar-refractivity contribution in [1.29, 1.82) is 0 Å². The Labute approximate surface area is 101 Å². The van der Waals surface area contributed by atoms with E-state index in [0.29, 0.717) is 6.54 Å². The van der Waals surface area contributed by atoms with Gasteiger partial charge in [0.25, 0.3) is 0 Å². The van der Waals surface area contributed by atoms with E-state index in [4.69, 9.17) is 0 Å². The minimum absolute atomic E-state index is 0.0352. The Morgan fingerprint density at radius 2 is 2.35 bits per heavy atom. The summed E-state index contributed by atoms with van der Waals surface area (Å²) in [7, 11) is 1.87. The number of aromatic nitrogens is 3. The van der Waals surface area contributed by atoms with Gasteiger partial charge in [-0.1, -0.05) is 6.08 Å². The molecule has 0 aromatic carbocycles. The Bertz CT molecular complexity index is 387. The number of hydrogen-bond donors (Lipinski definition) is 2. The van der Waals surface area contributed by atoms with E-state index >= 15 is 0 Å². The molecule has 1 amide bonds. The Kier molecular flexibility index (Phi) is 4.84. The summed E-state index contributed by atoms with van der Waals surface area (Å²) in [5.41, 5.74) is 0. The molecule has 2 N–H and O–H groups in total. The zero-order chi connectivity index (χ0) is 12.8. The molecule has 0 radical (unpaired) electrons. The molecule has 0 aliphatic carbocycles. The van der Waals surface area contributed by atoms with Gasteiger partial charge in [-0.05, 0) is 13.8 Å². The molecule has 6 nitrogen and oxygen atoms in total.